The van der Waals surface area contributed by atoms with Crippen molar-refractivity contribution in [2.75, 3.05) is 39.6 Å². The van der Waals surface area contributed by atoms with Crippen molar-refractivity contribution < 1.29 is 19.3 Å². The molecule has 3 rings (SSSR count). The van der Waals surface area contributed by atoms with E-state index in [1.54, 1.807) is 0 Å². The highest BCUT2D eigenvalue weighted by Crippen LogP contribution is 2.37. The molecule has 3 aromatic rings. The predicted octanol–water partition coefficient (Wildman–Crippen LogP) is 4.69. The minimum atomic E-state index is 0.0355. The van der Waals surface area contributed by atoms with E-state index < -0.39 is 0 Å². The average molecular weight is 383 g/mol. The maximum absolute atomic E-state index is 8.69. The molecule has 0 aliphatic rings. The minimum absolute atomic E-state index is 0.0355. The van der Waals surface area contributed by atoms with Gasteiger partial charge in [0.2, 0.25) is 0 Å². The lowest BCUT2D eigenvalue weighted by atomic mass is 9.85. The van der Waals surface area contributed by atoms with Gasteiger partial charge < -0.3 is 19.3 Å². The van der Waals surface area contributed by atoms with Crippen LogP contribution in [0.5, 0.6) is 5.75 Å². The van der Waals surface area contributed by atoms with E-state index in [0.717, 1.165) is 16.5 Å². The van der Waals surface area contributed by atoms with Crippen molar-refractivity contribution in [2.24, 2.45) is 0 Å². The molecule has 0 saturated heterocycles. The van der Waals surface area contributed by atoms with Crippen LogP contribution in [0.4, 0.5) is 0 Å². The first-order chi connectivity index (χ1) is 13.5. The third-order valence-electron chi connectivity index (χ3n) is 4.76. The molecule has 4 nitrogen and oxygen atoms in total. The van der Waals surface area contributed by atoms with E-state index in [4.69, 9.17) is 19.3 Å². The molecule has 0 unspecified atom stereocenters. The lowest BCUT2D eigenvalue weighted by Crippen LogP contribution is -2.12. The lowest BCUT2D eigenvalue weighted by molar-refractivity contribution is 0.0249. The van der Waals surface area contributed by atoms with Gasteiger partial charge in [0.25, 0.3) is 0 Å². The van der Waals surface area contributed by atoms with E-state index >= 15 is 0 Å². The lowest BCUT2D eigenvalue weighted by Gasteiger charge is -2.21. The van der Waals surface area contributed by atoms with Gasteiger partial charge in [0.1, 0.15) is 12.4 Å². The summed E-state index contributed by atoms with van der Waals surface area (Å²) in [6.45, 7) is 8.99. The SMILES string of the molecule is CC(C)(C)c1ccc2cc3ccccc3c(OCCOCCOCCO)c2c1. The molecule has 0 heterocycles. The highest BCUT2D eigenvalue weighted by molar-refractivity contribution is 6.05. The number of aliphatic hydroxyl groups excluding tert-OH is 1. The first-order valence-electron chi connectivity index (χ1n) is 9.86. The highest BCUT2D eigenvalue weighted by Gasteiger charge is 2.16. The predicted molar refractivity (Wildman–Crippen MR) is 114 cm³/mol. The Balaban J connectivity index is 1.81. The molecular weight excluding hydrogens is 352 g/mol. The van der Waals surface area contributed by atoms with E-state index in [-0.39, 0.29) is 12.0 Å². The van der Waals surface area contributed by atoms with Gasteiger partial charge in [-0.15, -0.1) is 0 Å². The number of hydrogen-bond donors (Lipinski definition) is 1. The Morgan fingerprint density at radius 1 is 0.750 bits per heavy atom. The number of rotatable bonds is 9. The molecule has 3 aromatic carbocycles. The molecule has 150 valence electrons. The second kappa shape index (κ2) is 9.37. The maximum atomic E-state index is 8.69. The monoisotopic (exact) mass is 382 g/mol. The largest absolute Gasteiger partial charge is 0.490 e. The van der Waals surface area contributed by atoms with Crippen molar-refractivity contribution in [1.29, 1.82) is 0 Å². The molecule has 1 N–H and O–H groups in total. The van der Waals surface area contributed by atoms with Crippen LogP contribution in [-0.4, -0.2) is 44.7 Å². The molecule has 4 heteroatoms. The van der Waals surface area contributed by atoms with Crippen LogP contribution in [0.1, 0.15) is 26.3 Å². The second-order valence-electron chi connectivity index (χ2n) is 7.91. The van der Waals surface area contributed by atoms with Crippen LogP contribution in [0.25, 0.3) is 21.5 Å². The summed E-state index contributed by atoms with van der Waals surface area (Å²) in [6.07, 6.45) is 0. The van der Waals surface area contributed by atoms with Crippen LogP contribution in [0.3, 0.4) is 0 Å². The van der Waals surface area contributed by atoms with Crippen molar-refractivity contribution in [3.8, 4) is 5.75 Å². The van der Waals surface area contributed by atoms with E-state index in [1.165, 1.54) is 16.3 Å². The van der Waals surface area contributed by atoms with Crippen molar-refractivity contribution in [2.45, 2.75) is 26.2 Å². The van der Waals surface area contributed by atoms with Crippen LogP contribution < -0.4 is 4.74 Å². The van der Waals surface area contributed by atoms with Crippen LogP contribution in [0.15, 0.2) is 48.5 Å². The van der Waals surface area contributed by atoms with Gasteiger partial charge in [-0.05, 0) is 33.9 Å². The van der Waals surface area contributed by atoms with Crippen LogP contribution >= 0.6 is 0 Å². The van der Waals surface area contributed by atoms with Gasteiger partial charge >= 0.3 is 0 Å². The van der Waals surface area contributed by atoms with Crippen molar-refractivity contribution in [1.82, 2.24) is 0 Å². The van der Waals surface area contributed by atoms with E-state index in [2.05, 4.69) is 63.2 Å². The molecule has 0 amide bonds. The van der Waals surface area contributed by atoms with Gasteiger partial charge in [-0.1, -0.05) is 57.2 Å². The Morgan fingerprint density at radius 3 is 2.18 bits per heavy atom. The van der Waals surface area contributed by atoms with Crippen LogP contribution in [0.2, 0.25) is 0 Å². The topological polar surface area (TPSA) is 47.9 Å². The van der Waals surface area contributed by atoms with Gasteiger partial charge in [-0.2, -0.15) is 0 Å². The summed E-state index contributed by atoms with van der Waals surface area (Å²) in [4.78, 5) is 0. The fourth-order valence-electron chi connectivity index (χ4n) is 3.23. The van der Waals surface area contributed by atoms with Crippen molar-refractivity contribution >= 4 is 21.5 Å². The normalized spacial score (nSPS) is 12.0. The molecule has 0 bridgehead atoms. The minimum Gasteiger partial charge on any atom is -0.490 e. The summed E-state index contributed by atoms with van der Waals surface area (Å²) >= 11 is 0. The first kappa shape index (κ1) is 20.6. The number of aliphatic hydroxyl groups is 1. The number of benzene rings is 3. The first-order valence-corrected chi connectivity index (χ1v) is 9.86. The zero-order valence-corrected chi connectivity index (χ0v) is 17.0. The van der Waals surface area contributed by atoms with Crippen LogP contribution in [0, 0.1) is 0 Å². The summed E-state index contributed by atoms with van der Waals surface area (Å²) in [5, 5.41) is 13.3. The van der Waals surface area contributed by atoms with Gasteiger partial charge in [-0.25, -0.2) is 0 Å². The number of ether oxygens (including phenoxy) is 3. The number of fused-ring (bicyclic) bond motifs is 2. The second-order valence-corrected chi connectivity index (χ2v) is 7.91. The molecule has 0 aromatic heterocycles. The van der Waals surface area contributed by atoms with Crippen LogP contribution in [-0.2, 0) is 14.9 Å². The van der Waals surface area contributed by atoms with Crippen molar-refractivity contribution in [3.63, 3.8) is 0 Å². The van der Waals surface area contributed by atoms with Crippen molar-refractivity contribution in [3.05, 3.63) is 54.1 Å². The molecule has 28 heavy (non-hydrogen) atoms. The summed E-state index contributed by atoms with van der Waals surface area (Å²) in [5.41, 5.74) is 1.37. The van der Waals surface area contributed by atoms with E-state index in [1.807, 2.05) is 6.07 Å². The molecule has 0 radical (unpaired) electrons. The fraction of sp³-hybridized carbons (Fsp3) is 0.417. The molecule has 0 fully saturated rings. The van der Waals surface area contributed by atoms with E-state index in [0.29, 0.717) is 33.0 Å². The Kier molecular flexibility index (Phi) is 6.89. The summed E-state index contributed by atoms with van der Waals surface area (Å²) in [7, 11) is 0. The maximum Gasteiger partial charge on any atom is 0.135 e. The zero-order valence-electron chi connectivity index (χ0n) is 17.0. The van der Waals surface area contributed by atoms with Gasteiger partial charge in [-0.3, -0.25) is 0 Å². The Bertz CT molecular complexity index is 912. The standard InChI is InChI=1S/C24H30O4/c1-24(2,3)20-9-8-19-16-18-6-4-5-7-21(18)23(22(19)17-20)28-15-14-27-13-12-26-11-10-25/h4-9,16-17,25H,10-15H2,1-3H3. The summed E-state index contributed by atoms with van der Waals surface area (Å²) in [6, 6.07) is 17.2. The summed E-state index contributed by atoms with van der Waals surface area (Å²) in [5.74, 6) is 0.916. The smallest absolute Gasteiger partial charge is 0.135 e. The number of hydrogen-bond acceptors (Lipinski definition) is 4. The molecule has 0 saturated carbocycles. The third kappa shape index (κ3) is 5.02. The van der Waals surface area contributed by atoms with Gasteiger partial charge in [0, 0.05) is 10.8 Å². The molecule has 0 aliphatic carbocycles. The fourth-order valence-corrected chi connectivity index (χ4v) is 3.23. The van der Waals surface area contributed by atoms with Gasteiger partial charge in [0.05, 0.1) is 33.0 Å². The average Bonchev–Trinajstić information content (AvgIpc) is 2.68. The molecule has 0 spiro atoms. The summed E-state index contributed by atoms with van der Waals surface area (Å²) < 4.78 is 17.0. The Hall–Kier alpha value is -2.14. The quantitative estimate of drug-likeness (QED) is 0.431. The Labute approximate surface area is 167 Å². The Morgan fingerprint density at radius 2 is 1.43 bits per heavy atom. The molecule has 0 atom stereocenters. The van der Waals surface area contributed by atoms with Gasteiger partial charge in [0.15, 0.2) is 0 Å². The molecule has 0 aliphatic heterocycles. The molecular formula is C24H30O4. The zero-order chi connectivity index (χ0) is 20.0. The highest BCUT2D eigenvalue weighted by atomic mass is 16.5. The third-order valence-corrected chi connectivity index (χ3v) is 4.76. The van der Waals surface area contributed by atoms with E-state index in [9.17, 15) is 0 Å².